The minimum atomic E-state index is 0.647. The Balaban J connectivity index is 1.69. The van der Waals surface area contributed by atoms with E-state index in [9.17, 15) is 0 Å². The lowest BCUT2D eigenvalue weighted by atomic mass is 10.1. The van der Waals surface area contributed by atoms with Crippen LogP contribution in [0.25, 0.3) is 21.3 Å². The summed E-state index contributed by atoms with van der Waals surface area (Å²) in [5, 5.41) is 1.03. The second-order valence-corrected chi connectivity index (χ2v) is 6.31. The fraction of sp³-hybridized carbons (Fsp3) is 0.111. The van der Waals surface area contributed by atoms with E-state index in [1.165, 1.54) is 15.8 Å². The normalized spacial score (nSPS) is 11.1. The Kier molecular flexibility index (Phi) is 3.24. The van der Waals surface area contributed by atoms with Crippen LogP contribution in [0.2, 0.25) is 0 Å². The number of rotatable bonds is 3. The van der Waals surface area contributed by atoms with E-state index >= 15 is 0 Å². The minimum absolute atomic E-state index is 0.647. The van der Waals surface area contributed by atoms with Crippen molar-refractivity contribution in [3.8, 4) is 11.1 Å². The van der Waals surface area contributed by atoms with Crippen molar-refractivity contribution < 1.29 is 4.42 Å². The lowest BCUT2D eigenvalue weighted by Crippen LogP contribution is -1.85. The Hall–Kier alpha value is -2.46. The van der Waals surface area contributed by atoms with Crippen molar-refractivity contribution in [2.75, 3.05) is 0 Å². The molecule has 0 aliphatic heterocycles. The lowest BCUT2D eigenvalue weighted by Gasteiger charge is -2.00. The summed E-state index contributed by atoms with van der Waals surface area (Å²) in [6.45, 7) is 1.90. The van der Waals surface area contributed by atoms with Crippen LogP contribution in [0.3, 0.4) is 0 Å². The molecule has 108 valence electrons. The molecule has 2 aromatic carbocycles. The molecule has 0 radical (unpaired) electrons. The highest BCUT2D eigenvalue weighted by molar-refractivity contribution is 7.18. The monoisotopic (exact) mass is 306 g/mol. The zero-order valence-electron chi connectivity index (χ0n) is 12.1. The van der Waals surface area contributed by atoms with Crippen molar-refractivity contribution >= 4 is 21.6 Å². The van der Waals surface area contributed by atoms with E-state index in [4.69, 9.17) is 4.42 Å². The number of benzene rings is 2. The summed E-state index contributed by atoms with van der Waals surface area (Å²) < 4.78 is 6.73. The van der Waals surface area contributed by atoms with Gasteiger partial charge in [0.2, 0.25) is 5.89 Å². The molecule has 4 heteroatoms. The molecule has 2 heterocycles. The summed E-state index contributed by atoms with van der Waals surface area (Å²) in [7, 11) is 0. The van der Waals surface area contributed by atoms with E-state index in [2.05, 4.69) is 52.4 Å². The molecule has 4 aromatic rings. The number of thiazole rings is 1. The first-order valence-electron chi connectivity index (χ1n) is 7.14. The molecule has 0 bridgehead atoms. The third-order valence-corrected chi connectivity index (χ3v) is 4.53. The van der Waals surface area contributed by atoms with Gasteiger partial charge in [-0.25, -0.2) is 9.97 Å². The first kappa shape index (κ1) is 13.2. The van der Waals surface area contributed by atoms with Gasteiger partial charge in [0.05, 0.1) is 22.8 Å². The minimum Gasteiger partial charge on any atom is -0.446 e. The molecule has 0 spiro atoms. The molecule has 4 rings (SSSR count). The van der Waals surface area contributed by atoms with Gasteiger partial charge in [-0.2, -0.15) is 0 Å². The van der Waals surface area contributed by atoms with E-state index < -0.39 is 0 Å². The standard InChI is InChI=1S/C18H14N2OS/c1-12-11-19-17(21-12)10-18-20-15-8-7-14(9-16(15)22-18)13-5-3-2-4-6-13/h2-9,11H,10H2,1H3. The smallest absolute Gasteiger partial charge is 0.201 e. The van der Waals surface area contributed by atoms with Crippen molar-refractivity contribution in [2.45, 2.75) is 13.3 Å². The van der Waals surface area contributed by atoms with Gasteiger partial charge in [0, 0.05) is 0 Å². The van der Waals surface area contributed by atoms with E-state index in [1.54, 1.807) is 17.5 Å². The Morgan fingerprint density at radius 3 is 2.68 bits per heavy atom. The van der Waals surface area contributed by atoms with Gasteiger partial charge in [-0.05, 0) is 30.2 Å². The van der Waals surface area contributed by atoms with Gasteiger partial charge in [0.25, 0.3) is 0 Å². The molecule has 0 amide bonds. The number of aryl methyl sites for hydroxylation is 1. The topological polar surface area (TPSA) is 38.9 Å². The largest absolute Gasteiger partial charge is 0.446 e. The van der Waals surface area contributed by atoms with Crippen molar-refractivity contribution in [1.29, 1.82) is 0 Å². The second kappa shape index (κ2) is 5.39. The van der Waals surface area contributed by atoms with Crippen LogP contribution in [0, 0.1) is 6.92 Å². The molecule has 0 atom stereocenters. The predicted molar refractivity (Wildman–Crippen MR) is 89.1 cm³/mol. The highest BCUT2D eigenvalue weighted by atomic mass is 32.1. The van der Waals surface area contributed by atoms with Gasteiger partial charge in [-0.1, -0.05) is 36.4 Å². The highest BCUT2D eigenvalue weighted by Crippen LogP contribution is 2.29. The van der Waals surface area contributed by atoms with Crippen molar-refractivity contribution in [3.05, 3.63) is 71.4 Å². The third-order valence-electron chi connectivity index (χ3n) is 3.51. The number of hydrogen-bond donors (Lipinski definition) is 0. The summed E-state index contributed by atoms with van der Waals surface area (Å²) in [5.41, 5.74) is 3.47. The van der Waals surface area contributed by atoms with Crippen molar-refractivity contribution in [1.82, 2.24) is 9.97 Å². The maximum absolute atomic E-state index is 5.53. The summed E-state index contributed by atoms with van der Waals surface area (Å²) in [6.07, 6.45) is 2.39. The number of oxazole rings is 1. The van der Waals surface area contributed by atoms with Crippen molar-refractivity contribution in [2.24, 2.45) is 0 Å². The Labute approximate surface area is 132 Å². The molecular formula is C18H14N2OS. The fourth-order valence-electron chi connectivity index (χ4n) is 2.47. The van der Waals surface area contributed by atoms with Crippen LogP contribution >= 0.6 is 11.3 Å². The van der Waals surface area contributed by atoms with Crippen molar-refractivity contribution in [3.63, 3.8) is 0 Å². The quantitative estimate of drug-likeness (QED) is 0.543. The van der Waals surface area contributed by atoms with Crippen LogP contribution in [0.1, 0.15) is 16.7 Å². The zero-order chi connectivity index (χ0) is 14.9. The summed E-state index contributed by atoms with van der Waals surface area (Å²) in [4.78, 5) is 8.92. The van der Waals surface area contributed by atoms with Crippen LogP contribution < -0.4 is 0 Å². The summed E-state index contributed by atoms with van der Waals surface area (Å²) in [5.74, 6) is 1.56. The number of aromatic nitrogens is 2. The lowest BCUT2D eigenvalue weighted by molar-refractivity contribution is 0.481. The molecule has 22 heavy (non-hydrogen) atoms. The average molecular weight is 306 g/mol. The van der Waals surface area contributed by atoms with Crippen LogP contribution in [0.5, 0.6) is 0 Å². The van der Waals surface area contributed by atoms with Gasteiger partial charge in [0.15, 0.2) is 0 Å². The van der Waals surface area contributed by atoms with Crippen LogP contribution in [0.15, 0.2) is 59.1 Å². The molecule has 0 aliphatic rings. The second-order valence-electron chi connectivity index (χ2n) is 5.20. The SMILES string of the molecule is Cc1cnc(Cc2nc3ccc(-c4ccccc4)cc3s2)o1. The Bertz CT molecular complexity index is 925. The molecule has 2 aromatic heterocycles. The van der Waals surface area contributed by atoms with Gasteiger partial charge >= 0.3 is 0 Å². The fourth-order valence-corrected chi connectivity index (χ4v) is 3.47. The van der Waals surface area contributed by atoms with E-state index in [0.29, 0.717) is 6.42 Å². The Morgan fingerprint density at radius 2 is 1.91 bits per heavy atom. The molecule has 0 saturated carbocycles. The molecule has 0 unspecified atom stereocenters. The van der Waals surface area contributed by atoms with E-state index in [1.807, 2.05) is 13.0 Å². The Morgan fingerprint density at radius 1 is 1.05 bits per heavy atom. The first-order chi connectivity index (χ1) is 10.8. The molecular weight excluding hydrogens is 292 g/mol. The highest BCUT2D eigenvalue weighted by Gasteiger charge is 2.09. The number of nitrogens with zero attached hydrogens (tertiary/aromatic N) is 2. The summed E-state index contributed by atoms with van der Waals surface area (Å²) >= 11 is 1.70. The third kappa shape index (κ3) is 2.53. The molecule has 0 N–H and O–H groups in total. The summed E-state index contributed by atoms with van der Waals surface area (Å²) in [6, 6.07) is 16.8. The van der Waals surface area contributed by atoms with Gasteiger partial charge in [0.1, 0.15) is 10.8 Å². The van der Waals surface area contributed by atoms with E-state index in [0.717, 1.165) is 22.2 Å². The average Bonchev–Trinajstić information content (AvgIpc) is 3.13. The first-order valence-corrected chi connectivity index (χ1v) is 7.96. The molecule has 3 nitrogen and oxygen atoms in total. The van der Waals surface area contributed by atoms with Gasteiger partial charge in [-0.15, -0.1) is 11.3 Å². The van der Waals surface area contributed by atoms with Crippen LogP contribution in [0.4, 0.5) is 0 Å². The van der Waals surface area contributed by atoms with Gasteiger partial charge < -0.3 is 4.42 Å². The van der Waals surface area contributed by atoms with E-state index in [-0.39, 0.29) is 0 Å². The number of hydrogen-bond acceptors (Lipinski definition) is 4. The predicted octanol–water partition coefficient (Wildman–Crippen LogP) is 4.85. The maximum atomic E-state index is 5.53. The van der Waals surface area contributed by atoms with Crippen LogP contribution in [-0.4, -0.2) is 9.97 Å². The molecule has 0 fully saturated rings. The molecule has 0 saturated heterocycles. The maximum Gasteiger partial charge on any atom is 0.201 e. The van der Waals surface area contributed by atoms with Gasteiger partial charge in [-0.3, -0.25) is 0 Å². The number of fused-ring (bicyclic) bond motifs is 1. The zero-order valence-corrected chi connectivity index (χ0v) is 12.9. The van der Waals surface area contributed by atoms with Crippen LogP contribution in [-0.2, 0) is 6.42 Å². The molecule has 0 aliphatic carbocycles.